The Bertz CT molecular complexity index is 448. The molecule has 20 heavy (non-hydrogen) atoms. The van der Waals surface area contributed by atoms with E-state index in [0.717, 1.165) is 31.7 Å². The summed E-state index contributed by atoms with van der Waals surface area (Å²) in [5.74, 6) is 1.51. The van der Waals surface area contributed by atoms with E-state index in [1.165, 1.54) is 5.56 Å². The van der Waals surface area contributed by atoms with Crippen LogP contribution in [0.3, 0.4) is 0 Å². The topological polar surface area (TPSA) is 50.2 Å². The highest BCUT2D eigenvalue weighted by atomic mass is 32.2. The second-order valence-electron chi connectivity index (χ2n) is 5.63. The van der Waals surface area contributed by atoms with Crippen molar-refractivity contribution in [2.24, 2.45) is 13.0 Å². The number of rotatable bonds is 5. The maximum atomic E-state index is 12.1. The number of nitrogens with zero attached hydrogens (tertiary/aromatic N) is 3. The first-order valence-electron chi connectivity index (χ1n) is 7.10. The molecule has 1 saturated heterocycles. The Morgan fingerprint density at radius 3 is 3.10 bits per heavy atom. The summed E-state index contributed by atoms with van der Waals surface area (Å²) in [5.41, 5.74) is 1.26. The molecule has 0 radical (unpaired) electrons. The Hall–Kier alpha value is -1.17. The molecule has 0 bridgehead atoms. The van der Waals surface area contributed by atoms with Gasteiger partial charge in [-0.2, -0.15) is 16.9 Å². The summed E-state index contributed by atoms with van der Waals surface area (Å²) in [7, 11) is 1.94. The third-order valence-corrected chi connectivity index (χ3v) is 4.48. The summed E-state index contributed by atoms with van der Waals surface area (Å²) >= 11 is 1.76. The van der Waals surface area contributed by atoms with Crippen molar-refractivity contribution < 1.29 is 4.79 Å². The van der Waals surface area contributed by atoms with Gasteiger partial charge in [0.25, 0.3) is 0 Å². The van der Waals surface area contributed by atoms with Gasteiger partial charge in [0.1, 0.15) is 0 Å². The van der Waals surface area contributed by atoms with E-state index in [9.17, 15) is 4.79 Å². The van der Waals surface area contributed by atoms with Crippen LogP contribution in [0.5, 0.6) is 0 Å². The number of amides is 2. The Balaban J connectivity index is 1.78. The summed E-state index contributed by atoms with van der Waals surface area (Å²) in [6.07, 6.45) is 8.13. The number of aryl methyl sites for hydroxylation is 1. The lowest BCUT2D eigenvalue weighted by atomic mass is 10.0. The van der Waals surface area contributed by atoms with Crippen LogP contribution >= 0.6 is 11.8 Å². The monoisotopic (exact) mass is 296 g/mol. The fourth-order valence-corrected chi connectivity index (χ4v) is 3.27. The first-order chi connectivity index (χ1) is 9.58. The van der Waals surface area contributed by atoms with Crippen molar-refractivity contribution >= 4 is 17.8 Å². The summed E-state index contributed by atoms with van der Waals surface area (Å²) in [6, 6.07) is 0.315. The van der Waals surface area contributed by atoms with Crippen LogP contribution in [0.25, 0.3) is 0 Å². The highest BCUT2D eigenvalue weighted by Gasteiger charge is 2.27. The van der Waals surface area contributed by atoms with Crippen molar-refractivity contribution in [2.75, 3.05) is 25.1 Å². The fourth-order valence-electron chi connectivity index (χ4n) is 2.69. The van der Waals surface area contributed by atoms with Crippen LogP contribution in [0, 0.1) is 5.92 Å². The number of nitrogens with one attached hydrogen (secondary N) is 1. The Morgan fingerprint density at radius 1 is 1.65 bits per heavy atom. The number of hydrogen-bond acceptors (Lipinski definition) is 3. The third kappa shape index (κ3) is 4.16. The van der Waals surface area contributed by atoms with Gasteiger partial charge >= 0.3 is 6.03 Å². The van der Waals surface area contributed by atoms with Crippen molar-refractivity contribution in [2.45, 2.75) is 25.8 Å². The van der Waals surface area contributed by atoms with Crippen molar-refractivity contribution in [1.82, 2.24) is 20.0 Å². The van der Waals surface area contributed by atoms with Crippen LogP contribution < -0.4 is 5.32 Å². The van der Waals surface area contributed by atoms with E-state index < -0.39 is 0 Å². The molecule has 0 aliphatic carbocycles. The molecular formula is C14H24N4OS. The normalized spacial score (nSPS) is 20.1. The molecule has 0 saturated carbocycles. The number of likely N-dealkylation sites (tertiary alicyclic amines) is 1. The molecule has 2 rings (SSSR count). The predicted octanol–water partition coefficient (Wildman–Crippen LogP) is 1.75. The molecule has 1 aromatic heterocycles. The lowest BCUT2D eigenvalue weighted by molar-refractivity contribution is 0.204. The fraction of sp³-hybridized carbons (Fsp3) is 0.714. The first-order valence-corrected chi connectivity index (χ1v) is 8.49. The van der Waals surface area contributed by atoms with E-state index in [0.29, 0.717) is 5.92 Å². The van der Waals surface area contributed by atoms with Crippen LogP contribution in [-0.4, -0.2) is 51.9 Å². The van der Waals surface area contributed by atoms with E-state index in [4.69, 9.17) is 0 Å². The molecule has 2 unspecified atom stereocenters. The first kappa shape index (κ1) is 15.2. The minimum absolute atomic E-state index is 0.0836. The van der Waals surface area contributed by atoms with E-state index in [1.54, 1.807) is 11.8 Å². The third-order valence-electron chi connectivity index (χ3n) is 3.64. The molecule has 0 spiro atoms. The summed E-state index contributed by atoms with van der Waals surface area (Å²) in [4.78, 5) is 14.1. The molecule has 6 heteroatoms. The number of urea groups is 1. The molecule has 1 aliphatic rings. The lowest BCUT2D eigenvalue weighted by Crippen LogP contribution is -2.43. The van der Waals surface area contributed by atoms with Crippen LogP contribution in [0.4, 0.5) is 4.79 Å². The zero-order valence-electron chi connectivity index (χ0n) is 12.5. The number of hydrogen-bond donors (Lipinski definition) is 1. The maximum Gasteiger partial charge on any atom is 0.317 e. The molecule has 1 aliphatic heterocycles. The molecule has 2 atom stereocenters. The molecule has 5 nitrogen and oxygen atoms in total. The zero-order chi connectivity index (χ0) is 14.5. The van der Waals surface area contributed by atoms with Gasteiger partial charge in [0.15, 0.2) is 0 Å². The van der Waals surface area contributed by atoms with E-state index in [-0.39, 0.29) is 12.1 Å². The second kappa shape index (κ2) is 7.02. The van der Waals surface area contributed by atoms with Crippen molar-refractivity contribution in [3.05, 3.63) is 18.0 Å². The largest absolute Gasteiger partial charge is 0.335 e. The second-order valence-corrected chi connectivity index (χ2v) is 6.54. The zero-order valence-corrected chi connectivity index (χ0v) is 13.3. The van der Waals surface area contributed by atoms with Crippen molar-refractivity contribution in [3.8, 4) is 0 Å². The minimum Gasteiger partial charge on any atom is -0.335 e. The average molecular weight is 296 g/mol. The summed E-state index contributed by atoms with van der Waals surface area (Å²) in [6.45, 7) is 3.77. The Kier molecular flexibility index (Phi) is 5.34. The van der Waals surface area contributed by atoms with Gasteiger partial charge in [-0.25, -0.2) is 4.79 Å². The van der Waals surface area contributed by atoms with Gasteiger partial charge in [-0.3, -0.25) is 4.68 Å². The van der Waals surface area contributed by atoms with Crippen molar-refractivity contribution in [1.29, 1.82) is 0 Å². The van der Waals surface area contributed by atoms with Gasteiger partial charge in [-0.1, -0.05) is 0 Å². The molecule has 1 fully saturated rings. The smallest absolute Gasteiger partial charge is 0.317 e. The van der Waals surface area contributed by atoms with Gasteiger partial charge < -0.3 is 10.2 Å². The Morgan fingerprint density at radius 2 is 2.45 bits per heavy atom. The van der Waals surface area contributed by atoms with E-state index in [2.05, 4.69) is 29.8 Å². The number of thioether (sulfide) groups is 1. The SMILES string of the molecule is CSCC(C)NC(=O)N1CCC(Cc2cnn(C)c2)C1. The number of aromatic nitrogens is 2. The van der Waals surface area contributed by atoms with Gasteiger partial charge in [-0.05, 0) is 37.5 Å². The highest BCUT2D eigenvalue weighted by Crippen LogP contribution is 2.20. The lowest BCUT2D eigenvalue weighted by Gasteiger charge is -2.20. The predicted molar refractivity (Wildman–Crippen MR) is 83.0 cm³/mol. The van der Waals surface area contributed by atoms with Crippen LogP contribution in [0.2, 0.25) is 0 Å². The van der Waals surface area contributed by atoms with Gasteiger partial charge in [-0.15, -0.1) is 0 Å². The molecule has 2 amide bonds. The molecule has 0 aromatic carbocycles. The van der Waals surface area contributed by atoms with E-state index in [1.807, 2.05) is 22.8 Å². The van der Waals surface area contributed by atoms with E-state index >= 15 is 0 Å². The molecule has 112 valence electrons. The maximum absolute atomic E-state index is 12.1. The van der Waals surface area contributed by atoms with Gasteiger partial charge in [0.05, 0.1) is 6.20 Å². The standard InChI is InChI=1S/C14H24N4OS/c1-11(10-20-3)16-14(19)18-5-4-12(9-18)6-13-7-15-17(2)8-13/h7-8,11-12H,4-6,9-10H2,1-3H3,(H,16,19). The average Bonchev–Trinajstić information content (AvgIpc) is 2.99. The quantitative estimate of drug-likeness (QED) is 0.900. The van der Waals surface area contributed by atoms with Crippen molar-refractivity contribution in [3.63, 3.8) is 0 Å². The minimum atomic E-state index is 0.0836. The number of carbonyl (C=O) groups excluding carboxylic acids is 1. The Labute approximate surface area is 125 Å². The van der Waals surface area contributed by atoms with Gasteiger partial charge in [0, 0.05) is 38.1 Å². The van der Waals surface area contributed by atoms with Crippen LogP contribution in [0.15, 0.2) is 12.4 Å². The summed E-state index contributed by atoms with van der Waals surface area (Å²) in [5, 5.41) is 7.26. The molecule has 2 heterocycles. The van der Waals surface area contributed by atoms with Crippen LogP contribution in [-0.2, 0) is 13.5 Å². The molecular weight excluding hydrogens is 272 g/mol. The molecule has 1 N–H and O–H groups in total. The molecule has 1 aromatic rings. The summed E-state index contributed by atoms with van der Waals surface area (Å²) < 4.78 is 1.83. The van der Waals surface area contributed by atoms with Crippen LogP contribution in [0.1, 0.15) is 18.9 Å². The highest BCUT2D eigenvalue weighted by molar-refractivity contribution is 7.98. The number of carbonyl (C=O) groups is 1. The van der Waals surface area contributed by atoms with Gasteiger partial charge in [0.2, 0.25) is 0 Å².